The maximum Gasteiger partial charge on any atom is 0.0126 e. The summed E-state index contributed by atoms with van der Waals surface area (Å²) in [5.74, 6) is 0. The van der Waals surface area contributed by atoms with E-state index in [-0.39, 0.29) is 0 Å². The number of aryl methyl sites for hydroxylation is 2. The Morgan fingerprint density at radius 3 is 1.36 bits per heavy atom. The lowest BCUT2D eigenvalue weighted by Gasteiger charge is -2.15. The fourth-order valence-corrected chi connectivity index (χ4v) is 4.84. The van der Waals surface area contributed by atoms with E-state index in [2.05, 4.69) is 96.1 Å². The average molecular weight is 331 g/mol. The zero-order chi connectivity index (χ0) is 15.6. The molecule has 2 aromatic carbocycles. The summed E-state index contributed by atoms with van der Waals surface area (Å²) in [7, 11) is 4.11. The summed E-state index contributed by atoms with van der Waals surface area (Å²) >= 11 is 0. The van der Waals surface area contributed by atoms with Crippen molar-refractivity contribution in [3.05, 3.63) is 71.8 Å². The Labute approximate surface area is 143 Å². The van der Waals surface area contributed by atoms with Gasteiger partial charge in [-0.15, -0.1) is 0 Å². The molecule has 2 rings (SSSR count). The fraction of sp³-hybridized carbons (Fsp3) is 0.400. The van der Waals surface area contributed by atoms with Crippen molar-refractivity contribution in [3.63, 3.8) is 0 Å². The van der Waals surface area contributed by atoms with Crippen molar-refractivity contribution in [3.8, 4) is 0 Å². The highest BCUT2D eigenvalue weighted by Crippen LogP contribution is 2.34. The third-order valence-electron chi connectivity index (χ3n) is 3.75. The highest BCUT2D eigenvalue weighted by Gasteiger charge is 2.08. The van der Waals surface area contributed by atoms with Gasteiger partial charge in [-0.25, -0.2) is 0 Å². The Morgan fingerprint density at radius 2 is 1.00 bits per heavy atom. The SMILES string of the molecule is CC(CCc1ccccc1)SSC(C)CCc1ccccc1. The van der Waals surface area contributed by atoms with Crippen LogP contribution in [0.3, 0.4) is 0 Å². The van der Waals surface area contributed by atoms with Crippen LogP contribution in [0.15, 0.2) is 60.7 Å². The van der Waals surface area contributed by atoms with E-state index in [4.69, 9.17) is 0 Å². The van der Waals surface area contributed by atoms with Gasteiger partial charge in [0.2, 0.25) is 0 Å². The summed E-state index contributed by atoms with van der Waals surface area (Å²) < 4.78 is 0. The second-order valence-electron chi connectivity index (χ2n) is 5.86. The van der Waals surface area contributed by atoms with Gasteiger partial charge in [0, 0.05) is 10.5 Å². The van der Waals surface area contributed by atoms with Gasteiger partial charge < -0.3 is 0 Å². The van der Waals surface area contributed by atoms with Crippen LogP contribution in [0.5, 0.6) is 0 Å². The van der Waals surface area contributed by atoms with Gasteiger partial charge in [0.15, 0.2) is 0 Å². The summed E-state index contributed by atoms with van der Waals surface area (Å²) in [5, 5.41) is 1.42. The molecule has 0 fully saturated rings. The van der Waals surface area contributed by atoms with Crippen LogP contribution in [-0.2, 0) is 12.8 Å². The van der Waals surface area contributed by atoms with E-state index < -0.39 is 0 Å². The van der Waals surface area contributed by atoms with Crippen LogP contribution in [0.25, 0.3) is 0 Å². The first-order chi connectivity index (χ1) is 10.7. The number of hydrogen-bond acceptors (Lipinski definition) is 2. The number of rotatable bonds is 9. The second-order valence-corrected chi connectivity index (χ2v) is 9.01. The molecule has 2 atom stereocenters. The molecular weight excluding hydrogens is 304 g/mol. The van der Waals surface area contributed by atoms with Crippen LogP contribution in [-0.4, -0.2) is 10.5 Å². The maximum atomic E-state index is 2.35. The van der Waals surface area contributed by atoms with Crippen LogP contribution >= 0.6 is 21.6 Å². The molecule has 2 heteroatoms. The largest absolute Gasteiger partial charge is 0.0907 e. The Kier molecular flexibility index (Phi) is 7.96. The van der Waals surface area contributed by atoms with Gasteiger partial charge in [-0.05, 0) is 36.8 Å². The van der Waals surface area contributed by atoms with Gasteiger partial charge in [0.25, 0.3) is 0 Å². The molecule has 0 saturated carbocycles. The topological polar surface area (TPSA) is 0 Å². The first-order valence-electron chi connectivity index (χ1n) is 8.14. The molecule has 2 aromatic rings. The molecule has 22 heavy (non-hydrogen) atoms. The third-order valence-corrected chi connectivity index (χ3v) is 7.29. The smallest absolute Gasteiger partial charge is 0.0126 e. The minimum Gasteiger partial charge on any atom is -0.0907 e. The van der Waals surface area contributed by atoms with E-state index in [0.29, 0.717) is 10.5 Å². The molecule has 0 saturated heterocycles. The fourth-order valence-electron chi connectivity index (χ4n) is 2.32. The predicted octanol–water partition coefficient (Wildman–Crippen LogP) is 6.41. The van der Waals surface area contributed by atoms with Crippen LogP contribution in [0, 0.1) is 0 Å². The van der Waals surface area contributed by atoms with Crippen molar-refractivity contribution in [2.45, 2.75) is 50.0 Å². The summed E-state index contributed by atoms with van der Waals surface area (Å²) in [6, 6.07) is 21.6. The van der Waals surface area contributed by atoms with Crippen molar-refractivity contribution in [1.82, 2.24) is 0 Å². The Bertz CT molecular complexity index is 460. The molecule has 0 nitrogen and oxygen atoms in total. The number of hydrogen-bond donors (Lipinski definition) is 0. The molecule has 0 bridgehead atoms. The van der Waals surface area contributed by atoms with Gasteiger partial charge >= 0.3 is 0 Å². The summed E-state index contributed by atoms with van der Waals surface area (Å²) in [6.45, 7) is 4.70. The van der Waals surface area contributed by atoms with Crippen molar-refractivity contribution in [2.24, 2.45) is 0 Å². The van der Waals surface area contributed by atoms with Gasteiger partial charge in [0.1, 0.15) is 0 Å². The minimum absolute atomic E-state index is 0.712. The highest BCUT2D eigenvalue weighted by atomic mass is 33.1. The average Bonchev–Trinajstić information content (AvgIpc) is 2.58. The van der Waals surface area contributed by atoms with Crippen LogP contribution in [0.4, 0.5) is 0 Å². The monoisotopic (exact) mass is 330 g/mol. The van der Waals surface area contributed by atoms with Crippen molar-refractivity contribution < 1.29 is 0 Å². The molecule has 0 aliphatic heterocycles. The van der Waals surface area contributed by atoms with Gasteiger partial charge in [-0.1, -0.05) is 96.1 Å². The van der Waals surface area contributed by atoms with E-state index in [0.717, 1.165) is 0 Å². The Morgan fingerprint density at radius 1 is 0.636 bits per heavy atom. The molecule has 0 heterocycles. The molecule has 0 N–H and O–H groups in total. The van der Waals surface area contributed by atoms with Crippen LogP contribution in [0.1, 0.15) is 37.8 Å². The maximum absolute atomic E-state index is 2.35. The molecule has 0 radical (unpaired) electrons. The zero-order valence-electron chi connectivity index (χ0n) is 13.6. The van der Waals surface area contributed by atoms with E-state index in [1.54, 1.807) is 0 Å². The van der Waals surface area contributed by atoms with E-state index in [1.165, 1.54) is 36.8 Å². The van der Waals surface area contributed by atoms with Crippen molar-refractivity contribution in [2.75, 3.05) is 0 Å². The summed E-state index contributed by atoms with van der Waals surface area (Å²) in [4.78, 5) is 0. The van der Waals surface area contributed by atoms with Gasteiger partial charge in [-0.3, -0.25) is 0 Å². The molecule has 0 aliphatic rings. The van der Waals surface area contributed by atoms with E-state index in [9.17, 15) is 0 Å². The predicted molar refractivity (Wildman–Crippen MR) is 104 cm³/mol. The normalized spacial score (nSPS) is 13.7. The molecule has 0 aliphatic carbocycles. The minimum atomic E-state index is 0.712. The van der Waals surface area contributed by atoms with Crippen molar-refractivity contribution in [1.29, 1.82) is 0 Å². The lowest BCUT2D eigenvalue weighted by Crippen LogP contribution is -2.01. The number of benzene rings is 2. The molecule has 0 amide bonds. The first kappa shape index (κ1) is 17.5. The molecule has 2 unspecified atom stereocenters. The lowest BCUT2D eigenvalue weighted by molar-refractivity contribution is 0.810. The lowest BCUT2D eigenvalue weighted by atomic mass is 10.1. The molecular formula is C20H26S2. The summed E-state index contributed by atoms with van der Waals surface area (Å²) in [6.07, 6.45) is 4.89. The molecule has 0 aromatic heterocycles. The molecule has 0 spiro atoms. The van der Waals surface area contributed by atoms with Gasteiger partial charge in [0.05, 0.1) is 0 Å². The third kappa shape index (κ3) is 6.93. The standard InChI is InChI=1S/C20H26S2/c1-17(13-15-19-9-5-3-6-10-19)21-22-18(2)14-16-20-11-7-4-8-12-20/h3-12,17-18H,13-16H2,1-2H3. The second kappa shape index (κ2) is 10.0. The molecule has 118 valence electrons. The van der Waals surface area contributed by atoms with Crippen LogP contribution < -0.4 is 0 Å². The van der Waals surface area contributed by atoms with Crippen molar-refractivity contribution >= 4 is 21.6 Å². The first-order valence-corrected chi connectivity index (χ1v) is 10.4. The van der Waals surface area contributed by atoms with E-state index >= 15 is 0 Å². The van der Waals surface area contributed by atoms with E-state index in [1.807, 2.05) is 0 Å². The Hall–Kier alpha value is -0.860. The zero-order valence-corrected chi connectivity index (χ0v) is 15.2. The quantitative estimate of drug-likeness (QED) is 0.487. The Balaban J connectivity index is 1.60. The highest BCUT2D eigenvalue weighted by molar-refractivity contribution is 8.77. The van der Waals surface area contributed by atoms with Gasteiger partial charge in [-0.2, -0.15) is 0 Å². The summed E-state index contributed by atoms with van der Waals surface area (Å²) in [5.41, 5.74) is 2.91. The van der Waals surface area contributed by atoms with Crippen LogP contribution in [0.2, 0.25) is 0 Å².